The van der Waals surface area contributed by atoms with E-state index in [0.717, 1.165) is 12.8 Å². The van der Waals surface area contributed by atoms with Crippen molar-refractivity contribution in [1.82, 2.24) is 36.1 Å². The second-order valence-electron chi connectivity index (χ2n) is 15.0. The molecule has 1 aliphatic carbocycles. The maximum Gasteiger partial charge on any atom is 0.326 e. The minimum Gasteiger partial charge on any atom is -0.480 e. The van der Waals surface area contributed by atoms with Crippen LogP contribution in [0.4, 0.5) is 0 Å². The molecule has 4 rings (SSSR count). The summed E-state index contributed by atoms with van der Waals surface area (Å²) in [5.74, 6) is -6.18. The van der Waals surface area contributed by atoms with E-state index in [1.165, 1.54) is 23.5 Å². The van der Waals surface area contributed by atoms with Gasteiger partial charge in [0.25, 0.3) is 11.8 Å². The van der Waals surface area contributed by atoms with E-state index >= 15 is 0 Å². The summed E-state index contributed by atoms with van der Waals surface area (Å²) in [5.41, 5.74) is 0.692. The molecule has 1 aliphatic heterocycles. The van der Waals surface area contributed by atoms with E-state index in [9.17, 15) is 38.7 Å². The summed E-state index contributed by atoms with van der Waals surface area (Å²) in [6.07, 6.45) is 7.86. The average Bonchev–Trinajstić information content (AvgIpc) is 3.87. The summed E-state index contributed by atoms with van der Waals surface area (Å²) in [6.45, 7) is 9.10. The highest BCUT2D eigenvalue weighted by atomic mass is 16.4. The number of aromatic nitrogens is 2. The number of carbonyl (C=O) groups excluding carboxylic acids is 6. The van der Waals surface area contributed by atoms with Crippen LogP contribution in [0.1, 0.15) is 89.2 Å². The van der Waals surface area contributed by atoms with Crippen LogP contribution in [0.15, 0.2) is 48.9 Å². The number of likely N-dealkylation sites (tertiary alicyclic amines) is 1. The van der Waals surface area contributed by atoms with E-state index in [-0.39, 0.29) is 36.9 Å². The molecule has 15 heteroatoms. The number of aliphatic carboxylic acids is 1. The molecule has 6 unspecified atom stereocenters. The van der Waals surface area contributed by atoms with Gasteiger partial charge in [-0.1, -0.05) is 84.2 Å². The number of nitrogens with zero attached hydrogens (tertiary/aromatic N) is 3. The molecule has 2 heterocycles. The molecule has 2 aromatic rings. The average molecular weight is 748 g/mol. The Labute approximate surface area is 315 Å². The molecule has 292 valence electrons. The van der Waals surface area contributed by atoms with Crippen LogP contribution in [-0.4, -0.2) is 98.0 Å². The van der Waals surface area contributed by atoms with Gasteiger partial charge in [-0.05, 0) is 48.5 Å². The highest BCUT2D eigenvalue weighted by Gasteiger charge is 2.47. The minimum atomic E-state index is -1.37. The number of ketones is 1. The number of nitrogens with one attached hydrogen (secondary N) is 4. The van der Waals surface area contributed by atoms with Gasteiger partial charge in [-0.3, -0.25) is 33.8 Å². The Kier molecular flexibility index (Phi) is 14.8. The van der Waals surface area contributed by atoms with Crippen molar-refractivity contribution in [3.05, 3.63) is 60.2 Å². The van der Waals surface area contributed by atoms with Crippen LogP contribution in [0.5, 0.6) is 0 Å². The number of hydrogen-bond donors (Lipinski definition) is 5. The lowest BCUT2D eigenvalue weighted by atomic mass is 9.92. The number of benzene rings is 1. The molecule has 0 bridgehead atoms. The maximum atomic E-state index is 14.3. The largest absolute Gasteiger partial charge is 0.480 e. The number of rotatable bonds is 19. The standard InChI is InChI=1S/C39H53N7O8/c1-6-10-27(33(47)37(51)43-28(39(53)54)20-24-11-8-7-9-12-24)42-36(50)32-26(19-25-13-14-25)15-18-46(32)38(52)31(23(4)5)45-35(49)30(22(2)3)44-34(48)29-21-40-16-17-41-29/h7-9,11-12,16-17,21-23,25-28,30-32H,6,10,13-15,18-20H2,1-5H3,(H,42,50)(H,43,51)(H,44,48)(H,45,49)(H,53,54). The predicted octanol–water partition coefficient (Wildman–Crippen LogP) is 2.06. The fourth-order valence-electron chi connectivity index (χ4n) is 6.84. The van der Waals surface area contributed by atoms with E-state index in [1.54, 1.807) is 65.0 Å². The topological polar surface area (TPSA) is 217 Å². The molecular formula is C39H53N7O8. The van der Waals surface area contributed by atoms with E-state index < -0.39 is 77.4 Å². The second-order valence-corrected chi connectivity index (χ2v) is 15.0. The normalized spacial score (nSPS) is 19.0. The molecule has 5 N–H and O–H groups in total. The molecular weight excluding hydrogens is 694 g/mol. The summed E-state index contributed by atoms with van der Waals surface area (Å²) < 4.78 is 0. The van der Waals surface area contributed by atoms with Gasteiger partial charge in [0.05, 0.1) is 12.2 Å². The van der Waals surface area contributed by atoms with E-state index in [2.05, 4.69) is 31.2 Å². The van der Waals surface area contributed by atoms with E-state index in [1.807, 2.05) is 0 Å². The summed E-state index contributed by atoms with van der Waals surface area (Å²) in [7, 11) is 0. The smallest absolute Gasteiger partial charge is 0.326 e. The minimum absolute atomic E-state index is 0.0336. The van der Waals surface area contributed by atoms with Gasteiger partial charge in [-0.15, -0.1) is 0 Å². The monoisotopic (exact) mass is 747 g/mol. The van der Waals surface area contributed by atoms with Crippen molar-refractivity contribution in [2.24, 2.45) is 23.7 Å². The number of carboxylic acids is 1. The lowest BCUT2D eigenvalue weighted by Crippen LogP contribution is -2.60. The van der Waals surface area contributed by atoms with Gasteiger partial charge >= 0.3 is 5.97 Å². The summed E-state index contributed by atoms with van der Waals surface area (Å²) >= 11 is 0. The van der Waals surface area contributed by atoms with Gasteiger partial charge in [0, 0.05) is 25.4 Å². The molecule has 0 radical (unpaired) electrons. The molecule has 1 saturated carbocycles. The van der Waals surface area contributed by atoms with Gasteiger partial charge in [0.2, 0.25) is 23.5 Å². The highest BCUT2D eigenvalue weighted by Crippen LogP contribution is 2.40. The zero-order valence-electron chi connectivity index (χ0n) is 31.6. The van der Waals surface area contributed by atoms with Crippen LogP contribution in [0.25, 0.3) is 0 Å². The molecule has 1 aromatic carbocycles. The van der Waals surface area contributed by atoms with E-state index in [0.29, 0.717) is 30.7 Å². The van der Waals surface area contributed by atoms with Crippen molar-refractivity contribution in [2.45, 2.75) is 110 Å². The van der Waals surface area contributed by atoms with Crippen molar-refractivity contribution in [3.8, 4) is 0 Å². The van der Waals surface area contributed by atoms with Crippen LogP contribution in [0.3, 0.4) is 0 Å². The van der Waals surface area contributed by atoms with Gasteiger partial charge in [0.15, 0.2) is 0 Å². The summed E-state index contributed by atoms with van der Waals surface area (Å²) in [6, 6.07) is 3.06. The Balaban J connectivity index is 1.50. The third-order valence-corrected chi connectivity index (χ3v) is 9.99. The Bertz CT molecular complexity index is 1650. The Morgan fingerprint density at radius 2 is 1.54 bits per heavy atom. The van der Waals surface area contributed by atoms with Crippen LogP contribution < -0.4 is 21.3 Å². The van der Waals surface area contributed by atoms with Crippen LogP contribution in [0.2, 0.25) is 0 Å². The molecule has 54 heavy (non-hydrogen) atoms. The van der Waals surface area contributed by atoms with Gasteiger partial charge in [-0.2, -0.15) is 0 Å². The lowest BCUT2D eigenvalue weighted by Gasteiger charge is -2.34. The molecule has 1 aromatic heterocycles. The first kappa shape index (κ1) is 41.5. The molecule has 2 fully saturated rings. The molecule has 0 spiro atoms. The number of carboxylic acid groups (broad SMARTS) is 1. The van der Waals surface area contributed by atoms with Crippen molar-refractivity contribution in [1.29, 1.82) is 0 Å². The molecule has 2 aliphatic rings. The lowest BCUT2D eigenvalue weighted by molar-refractivity contribution is -0.146. The Hall–Kier alpha value is -5.21. The third kappa shape index (κ3) is 11.2. The molecule has 6 atom stereocenters. The number of amides is 5. The SMILES string of the molecule is CCCC(NC(=O)C1C(CC2CC2)CCN1C(=O)C(NC(=O)C(NC(=O)c1cnccn1)C(C)C)C(C)C)C(=O)C(=O)NC(Cc1ccccc1)C(=O)O. The van der Waals surface area contributed by atoms with Gasteiger partial charge in [0.1, 0.15) is 29.9 Å². The predicted molar refractivity (Wildman–Crippen MR) is 197 cm³/mol. The first-order valence-electron chi connectivity index (χ1n) is 18.8. The second kappa shape index (κ2) is 19.2. The fraction of sp³-hybridized carbons (Fsp3) is 0.564. The Morgan fingerprint density at radius 3 is 2.11 bits per heavy atom. The zero-order valence-corrected chi connectivity index (χ0v) is 31.6. The van der Waals surface area contributed by atoms with Crippen LogP contribution in [0, 0.1) is 23.7 Å². The number of carbonyl (C=O) groups is 7. The number of Topliss-reactive ketones (excluding diaryl/α,β-unsaturated/α-hetero) is 1. The quantitative estimate of drug-likeness (QED) is 0.132. The molecule has 1 saturated heterocycles. The van der Waals surface area contributed by atoms with Gasteiger partial charge in [-0.25, -0.2) is 9.78 Å². The van der Waals surface area contributed by atoms with Crippen molar-refractivity contribution in [2.75, 3.05) is 6.54 Å². The van der Waals surface area contributed by atoms with Crippen molar-refractivity contribution >= 4 is 41.3 Å². The molecule has 5 amide bonds. The zero-order chi connectivity index (χ0) is 39.5. The first-order chi connectivity index (χ1) is 25.7. The van der Waals surface area contributed by atoms with Gasteiger partial charge < -0.3 is 31.3 Å². The number of hydrogen-bond acceptors (Lipinski definition) is 9. The van der Waals surface area contributed by atoms with Crippen LogP contribution in [-0.2, 0) is 35.2 Å². The molecule has 15 nitrogen and oxygen atoms in total. The highest BCUT2D eigenvalue weighted by molar-refractivity contribution is 6.38. The van der Waals surface area contributed by atoms with Crippen molar-refractivity contribution < 1.29 is 38.7 Å². The third-order valence-electron chi connectivity index (χ3n) is 9.99. The van der Waals surface area contributed by atoms with E-state index in [4.69, 9.17) is 0 Å². The van der Waals surface area contributed by atoms with Crippen LogP contribution >= 0.6 is 0 Å². The summed E-state index contributed by atoms with van der Waals surface area (Å²) in [5, 5.41) is 20.4. The maximum absolute atomic E-state index is 14.3. The first-order valence-corrected chi connectivity index (χ1v) is 18.8. The summed E-state index contributed by atoms with van der Waals surface area (Å²) in [4.78, 5) is 103. The van der Waals surface area contributed by atoms with Crippen molar-refractivity contribution in [3.63, 3.8) is 0 Å². The fourth-order valence-corrected chi connectivity index (χ4v) is 6.84. The Morgan fingerprint density at radius 1 is 0.852 bits per heavy atom.